The normalized spacial score (nSPS) is 10.9. The maximum atomic E-state index is 12.0. The number of rotatable bonds is 6. The Hall–Kier alpha value is -2.30. The minimum atomic E-state index is -0.230. The van der Waals surface area contributed by atoms with E-state index in [2.05, 4.69) is 12.0 Å². The van der Waals surface area contributed by atoms with Gasteiger partial charge in [0.2, 0.25) is 0 Å². The summed E-state index contributed by atoms with van der Waals surface area (Å²) in [5, 5.41) is 4.43. The molecule has 118 valence electrons. The molecule has 1 aromatic heterocycles. The number of nitrogens with zero attached hydrogens (tertiary/aromatic N) is 2. The zero-order chi connectivity index (χ0) is 16.1. The summed E-state index contributed by atoms with van der Waals surface area (Å²) in [6.45, 7) is 6.61. The molecule has 0 aliphatic rings. The van der Waals surface area contributed by atoms with E-state index in [1.54, 1.807) is 6.07 Å². The van der Waals surface area contributed by atoms with E-state index in [4.69, 9.17) is 10.5 Å². The Balaban J connectivity index is 2.39. The Morgan fingerprint density at radius 1 is 1.32 bits per heavy atom. The van der Waals surface area contributed by atoms with Crippen molar-refractivity contribution >= 4 is 5.69 Å². The van der Waals surface area contributed by atoms with Gasteiger partial charge in [0.1, 0.15) is 11.4 Å². The molecule has 5 heteroatoms. The molecule has 2 aromatic rings. The lowest BCUT2D eigenvalue weighted by Crippen LogP contribution is -2.25. The number of unbranched alkanes of at least 4 members (excludes halogenated alkanes) is 1. The monoisotopic (exact) mass is 301 g/mol. The zero-order valence-corrected chi connectivity index (χ0v) is 13.4. The van der Waals surface area contributed by atoms with Gasteiger partial charge in [0, 0.05) is 12.1 Å². The summed E-state index contributed by atoms with van der Waals surface area (Å²) < 4.78 is 7.15. The first-order valence-electron chi connectivity index (χ1n) is 7.66. The predicted molar refractivity (Wildman–Crippen MR) is 89.0 cm³/mol. The van der Waals surface area contributed by atoms with Gasteiger partial charge in [-0.2, -0.15) is 5.10 Å². The number of anilines is 1. The fourth-order valence-corrected chi connectivity index (χ4v) is 2.16. The van der Waals surface area contributed by atoms with E-state index >= 15 is 0 Å². The van der Waals surface area contributed by atoms with Crippen LogP contribution in [0, 0.1) is 0 Å². The largest absolute Gasteiger partial charge is 0.491 e. The smallest absolute Gasteiger partial charge is 0.289 e. The third-order valence-corrected chi connectivity index (χ3v) is 3.23. The van der Waals surface area contributed by atoms with Crippen molar-refractivity contribution in [1.82, 2.24) is 9.78 Å². The first-order valence-corrected chi connectivity index (χ1v) is 7.66. The third kappa shape index (κ3) is 3.87. The van der Waals surface area contributed by atoms with Crippen LogP contribution in [0.1, 0.15) is 33.6 Å². The van der Waals surface area contributed by atoms with Crippen molar-refractivity contribution < 1.29 is 4.74 Å². The maximum absolute atomic E-state index is 12.0. The molecule has 0 radical (unpaired) electrons. The molecule has 22 heavy (non-hydrogen) atoms. The number of hydrogen-bond acceptors (Lipinski definition) is 4. The topological polar surface area (TPSA) is 70.1 Å². The number of hydrogen-bond donors (Lipinski definition) is 1. The van der Waals surface area contributed by atoms with Gasteiger partial charge in [-0.1, -0.05) is 25.5 Å². The van der Waals surface area contributed by atoms with E-state index in [9.17, 15) is 4.79 Å². The van der Waals surface area contributed by atoms with Crippen LogP contribution in [0.2, 0.25) is 0 Å². The molecular formula is C17H23N3O2. The summed E-state index contributed by atoms with van der Waals surface area (Å²) in [5.74, 6) is 0.777. The van der Waals surface area contributed by atoms with Crippen molar-refractivity contribution in [3.05, 3.63) is 40.7 Å². The lowest BCUT2D eigenvalue weighted by Gasteiger charge is -2.12. The molecule has 5 nitrogen and oxygen atoms in total. The van der Waals surface area contributed by atoms with Crippen LogP contribution in [0.3, 0.4) is 0 Å². The van der Waals surface area contributed by atoms with Crippen LogP contribution in [0.15, 0.2) is 35.1 Å². The summed E-state index contributed by atoms with van der Waals surface area (Å²) in [6.07, 6.45) is 1.99. The van der Waals surface area contributed by atoms with Crippen LogP contribution in [0.25, 0.3) is 11.3 Å². The Kier molecular flexibility index (Phi) is 5.20. The number of ether oxygens (including phenoxy) is 1. The van der Waals surface area contributed by atoms with Crippen LogP contribution in [-0.4, -0.2) is 15.9 Å². The van der Waals surface area contributed by atoms with Gasteiger partial charge in [-0.3, -0.25) is 4.79 Å². The quantitative estimate of drug-likeness (QED) is 0.890. The van der Waals surface area contributed by atoms with E-state index in [1.807, 2.05) is 38.1 Å². The van der Waals surface area contributed by atoms with Gasteiger partial charge in [-0.25, -0.2) is 4.68 Å². The van der Waals surface area contributed by atoms with Crippen molar-refractivity contribution in [3.8, 4) is 17.0 Å². The minimum absolute atomic E-state index is 0.104. The van der Waals surface area contributed by atoms with Crippen LogP contribution in [0.4, 0.5) is 5.69 Å². The fourth-order valence-electron chi connectivity index (χ4n) is 2.16. The van der Waals surface area contributed by atoms with Gasteiger partial charge >= 0.3 is 0 Å². The second-order valence-electron chi connectivity index (χ2n) is 5.56. The van der Waals surface area contributed by atoms with Crippen molar-refractivity contribution in [3.63, 3.8) is 0 Å². The van der Waals surface area contributed by atoms with Crippen LogP contribution in [0.5, 0.6) is 5.75 Å². The van der Waals surface area contributed by atoms with Crippen molar-refractivity contribution in [2.24, 2.45) is 0 Å². The highest BCUT2D eigenvalue weighted by Gasteiger charge is 2.09. The van der Waals surface area contributed by atoms with Crippen LogP contribution >= 0.6 is 0 Å². The Labute approximate surface area is 130 Å². The number of aryl methyl sites for hydroxylation is 1. The summed E-state index contributed by atoms with van der Waals surface area (Å²) in [6, 6.07) is 9.28. The first-order chi connectivity index (χ1) is 10.5. The molecule has 0 fully saturated rings. The van der Waals surface area contributed by atoms with Gasteiger partial charge in [-0.15, -0.1) is 0 Å². The summed E-state index contributed by atoms with van der Waals surface area (Å²) >= 11 is 0. The van der Waals surface area contributed by atoms with E-state index in [1.165, 1.54) is 4.68 Å². The number of nitrogen functional groups attached to an aromatic ring is 1. The molecule has 1 heterocycles. The lowest BCUT2D eigenvalue weighted by atomic mass is 10.1. The van der Waals surface area contributed by atoms with E-state index in [0.717, 1.165) is 24.2 Å². The zero-order valence-electron chi connectivity index (χ0n) is 13.4. The Bertz CT molecular complexity index is 693. The molecule has 1 aromatic carbocycles. The second-order valence-corrected chi connectivity index (χ2v) is 5.56. The Morgan fingerprint density at radius 2 is 2.09 bits per heavy atom. The molecular weight excluding hydrogens is 278 g/mol. The molecule has 0 aliphatic heterocycles. The molecule has 0 bridgehead atoms. The number of aromatic nitrogens is 2. The van der Waals surface area contributed by atoms with Crippen molar-refractivity contribution in [2.75, 3.05) is 5.73 Å². The molecule has 2 rings (SSSR count). The molecule has 0 saturated carbocycles. The van der Waals surface area contributed by atoms with Crippen molar-refractivity contribution in [2.45, 2.75) is 46.3 Å². The predicted octanol–water partition coefficient (Wildman–Crippen LogP) is 3.08. The van der Waals surface area contributed by atoms with Gasteiger partial charge in [0.15, 0.2) is 0 Å². The molecule has 2 N–H and O–H groups in total. The van der Waals surface area contributed by atoms with Gasteiger partial charge in [0.05, 0.1) is 11.8 Å². The van der Waals surface area contributed by atoms with E-state index in [0.29, 0.717) is 12.2 Å². The fraction of sp³-hybridized carbons (Fsp3) is 0.412. The number of benzene rings is 1. The second kappa shape index (κ2) is 7.11. The molecule has 0 unspecified atom stereocenters. The highest BCUT2D eigenvalue weighted by Crippen LogP contribution is 2.23. The molecule has 0 amide bonds. The summed E-state index contributed by atoms with van der Waals surface area (Å²) in [7, 11) is 0. The lowest BCUT2D eigenvalue weighted by molar-refractivity contribution is 0.242. The van der Waals surface area contributed by atoms with E-state index < -0.39 is 0 Å². The molecule has 0 atom stereocenters. The highest BCUT2D eigenvalue weighted by atomic mass is 16.5. The number of nitrogens with two attached hydrogens (primary N) is 1. The average molecular weight is 301 g/mol. The molecule has 0 aliphatic carbocycles. The van der Waals surface area contributed by atoms with Crippen LogP contribution < -0.4 is 16.0 Å². The minimum Gasteiger partial charge on any atom is -0.491 e. The SMILES string of the molecule is CCCCn1nc(-c2cccc(OC(C)C)c2)cc(N)c1=O. The standard InChI is InChI=1S/C17H23N3O2/c1-4-5-9-20-17(21)15(18)11-16(19-20)13-7-6-8-14(10-13)22-12(2)3/h6-8,10-12H,4-5,9,18H2,1-3H3. The third-order valence-electron chi connectivity index (χ3n) is 3.23. The Morgan fingerprint density at radius 3 is 2.77 bits per heavy atom. The first kappa shape index (κ1) is 16.1. The van der Waals surface area contributed by atoms with Gasteiger partial charge < -0.3 is 10.5 Å². The van der Waals surface area contributed by atoms with Crippen molar-refractivity contribution in [1.29, 1.82) is 0 Å². The van der Waals surface area contributed by atoms with Crippen LogP contribution in [-0.2, 0) is 6.54 Å². The van der Waals surface area contributed by atoms with Gasteiger partial charge in [-0.05, 0) is 38.5 Å². The van der Waals surface area contributed by atoms with E-state index in [-0.39, 0.29) is 17.4 Å². The molecule has 0 spiro atoms. The summed E-state index contributed by atoms with van der Waals surface area (Å²) in [4.78, 5) is 12.0. The maximum Gasteiger partial charge on any atom is 0.289 e. The van der Waals surface area contributed by atoms with Gasteiger partial charge in [0.25, 0.3) is 5.56 Å². The summed E-state index contributed by atoms with van der Waals surface area (Å²) in [5.41, 5.74) is 7.40. The molecule has 0 saturated heterocycles. The highest BCUT2D eigenvalue weighted by molar-refractivity contribution is 5.63. The average Bonchev–Trinajstić information content (AvgIpc) is 2.48.